The number of aromatic nitrogens is 1. The predicted molar refractivity (Wildman–Crippen MR) is 85.2 cm³/mol. The van der Waals surface area contributed by atoms with Crippen LogP contribution < -0.4 is 9.47 Å². The molecule has 8 heteroatoms. The van der Waals surface area contributed by atoms with Gasteiger partial charge in [0.25, 0.3) is 0 Å². The third-order valence-corrected chi connectivity index (χ3v) is 5.22. The lowest BCUT2D eigenvalue weighted by molar-refractivity contribution is 0.356. The summed E-state index contributed by atoms with van der Waals surface area (Å²) in [5.41, 5.74) is 0. The topological polar surface area (TPSA) is 65.5 Å². The smallest absolute Gasteiger partial charge is 0.233 e. The average Bonchev–Trinajstić information content (AvgIpc) is 2.44. The van der Waals surface area contributed by atoms with E-state index in [9.17, 15) is 8.42 Å². The van der Waals surface area contributed by atoms with Gasteiger partial charge in [0.2, 0.25) is 9.05 Å². The third-order valence-electron chi connectivity index (χ3n) is 2.80. The molecular weight excluding hydrogens is 334 g/mol. The molecule has 1 aromatic carbocycles. The van der Waals surface area contributed by atoms with Crippen LogP contribution in [0, 0.1) is 0 Å². The molecule has 1 heterocycles. The molecule has 21 heavy (non-hydrogen) atoms. The van der Waals surface area contributed by atoms with E-state index < -0.39 is 9.05 Å². The van der Waals surface area contributed by atoms with E-state index in [1.54, 1.807) is 20.4 Å². The zero-order valence-corrected chi connectivity index (χ0v) is 13.9. The highest BCUT2D eigenvalue weighted by Crippen LogP contribution is 2.35. The highest BCUT2D eigenvalue weighted by molar-refractivity contribution is 8.14. The van der Waals surface area contributed by atoms with Crippen molar-refractivity contribution in [3.05, 3.63) is 24.4 Å². The minimum absolute atomic E-state index is 0.107. The second-order valence-electron chi connectivity index (χ2n) is 4.14. The SMILES string of the molecule is COc1cc2ccnc(SCCS(=O)(=O)Cl)c2cc1OC. The molecule has 5 nitrogen and oxygen atoms in total. The van der Waals surface area contributed by atoms with Crippen LogP contribution in [0.5, 0.6) is 11.5 Å². The van der Waals surface area contributed by atoms with Gasteiger partial charge in [-0.2, -0.15) is 0 Å². The Morgan fingerprint density at radius 2 is 1.90 bits per heavy atom. The van der Waals surface area contributed by atoms with Gasteiger partial charge >= 0.3 is 0 Å². The molecule has 0 radical (unpaired) electrons. The first-order chi connectivity index (χ1) is 9.94. The van der Waals surface area contributed by atoms with E-state index in [0.717, 1.165) is 15.8 Å². The molecule has 0 unspecified atom stereocenters. The summed E-state index contributed by atoms with van der Waals surface area (Å²) in [6, 6.07) is 5.55. The van der Waals surface area contributed by atoms with Crippen molar-refractivity contribution in [3.63, 3.8) is 0 Å². The Hall–Kier alpha value is -1.18. The zero-order chi connectivity index (χ0) is 15.5. The number of ether oxygens (including phenoxy) is 2. The number of halogens is 1. The van der Waals surface area contributed by atoms with Crippen molar-refractivity contribution < 1.29 is 17.9 Å². The van der Waals surface area contributed by atoms with Crippen LogP contribution in [0.25, 0.3) is 10.8 Å². The summed E-state index contributed by atoms with van der Waals surface area (Å²) < 4.78 is 32.5. The molecular formula is C13H14ClNO4S2. The van der Waals surface area contributed by atoms with Gasteiger partial charge in [-0.1, -0.05) is 0 Å². The van der Waals surface area contributed by atoms with Crippen LogP contribution >= 0.6 is 22.4 Å². The van der Waals surface area contributed by atoms with Gasteiger partial charge in [-0.3, -0.25) is 0 Å². The van der Waals surface area contributed by atoms with Crippen molar-refractivity contribution in [2.45, 2.75) is 5.03 Å². The van der Waals surface area contributed by atoms with Gasteiger partial charge in [-0.05, 0) is 23.6 Å². The van der Waals surface area contributed by atoms with Crippen LogP contribution in [0.15, 0.2) is 29.4 Å². The van der Waals surface area contributed by atoms with Crippen LogP contribution in [0.1, 0.15) is 0 Å². The van der Waals surface area contributed by atoms with Gasteiger partial charge in [0.05, 0.1) is 20.0 Å². The minimum Gasteiger partial charge on any atom is -0.493 e. The summed E-state index contributed by atoms with van der Waals surface area (Å²) in [5, 5.41) is 2.56. The number of methoxy groups -OCH3 is 2. The summed E-state index contributed by atoms with van der Waals surface area (Å²) in [7, 11) is 4.85. The van der Waals surface area contributed by atoms with Crippen molar-refractivity contribution >= 4 is 42.3 Å². The Morgan fingerprint density at radius 1 is 1.24 bits per heavy atom. The fourth-order valence-corrected chi connectivity index (χ4v) is 4.18. The van der Waals surface area contributed by atoms with Crippen LogP contribution in [-0.2, 0) is 9.05 Å². The number of hydrogen-bond acceptors (Lipinski definition) is 6. The summed E-state index contributed by atoms with van der Waals surface area (Å²) in [4.78, 5) is 4.29. The van der Waals surface area contributed by atoms with Crippen molar-refractivity contribution in [1.82, 2.24) is 4.98 Å². The van der Waals surface area contributed by atoms with Crippen LogP contribution in [0.2, 0.25) is 0 Å². The van der Waals surface area contributed by atoms with E-state index in [1.807, 2.05) is 18.2 Å². The normalized spacial score (nSPS) is 11.6. The summed E-state index contributed by atoms with van der Waals surface area (Å²) in [6.07, 6.45) is 1.67. The Balaban J connectivity index is 2.36. The van der Waals surface area contributed by atoms with Crippen LogP contribution in [-0.4, -0.2) is 39.1 Å². The molecule has 1 aromatic heterocycles. The number of rotatable bonds is 6. The zero-order valence-electron chi connectivity index (χ0n) is 11.5. The van der Waals surface area contributed by atoms with E-state index in [0.29, 0.717) is 17.3 Å². The highest BCUT2D eigenvalue weighted by atomic mass is 35.7. The minimum atomic E-state index is -3.49. The fraction of sp³-hybridized carbons (Fsp3) is 0.308. The van der Waals surface area contributed by atoms with Gasteiger partial charge in [0, 0.05) is 28.0 Å². The first-order valence-electron chi connectivity index (χ1n) is 6.00. The standard InChI is InChI=1S/C13H14ClNO4S2/c1-18-11-7-9-3-4-15-13(10(9)8-12(11)19-2)20-5-6-21(14,16)17/h3-4,7-8H,5-6H2,1-2H3. The second kappa shape index (κ2) is 6.72. The van der Waals surface area contributed by atoms with Crippen molar-refractivity contribution in [2.24, 2.45) is 0 Å². The summed E-state index contributed by atoms with van der Waals surface area (Å²) >= 11 is 1.34. The molecule has 2 rings (SSSR count). The molecule has 0 saturated carbocycles. The number of thioether (sulfide) groups is 1. The van der Waals surface area contributed by atoms with Gasteiger partial charge in [0.15, 0.2) is 11.5 Å². The lowest BCUT2D eigenvalue weighted by atomic mass is 10.1. The van der Waals surface area contributed by atoms with Gasteiger partial charge < -0.3 is 9.47 Å². The van der Waals surface area contributed by atoms with Crippen LogP contribution in [0.3, 0.4) is 0 Å². The maximum Gasteiger partial charge on any atom is 0.233 e. The maximum absolute atomic E-state index is 11.0. The van der Waals surface area contributed by atoms with E-state index in [2.05, 4.69) is 4.98 Å². The van der Waals surface area contributed by atoms with E-state index in [-0.39, 0.29) is 5.75 Å². The molecule has 2 aromatic rings. The Kier molecular flexibility index (Phi) is 5.18. The quantitative estimate of drug-likeness (QED) is 0.591. The van der Waals surface area contributed by atoms with Crippen molar-refractivity contribution in [3.8, 4) is 11.5 Å². The number of nitrogens with zero attached hydrogens (tertiary/aromatic N) is 1. The van der Waals surface area contributed by atoms with Crippen LogP contribution in [0.4, 0.5) is 0 Å². The monoisotopic (exact) mass is 347 g/mol. The highest BCUT2D eigenvalue weighted by Gasteiger charge is 2.11. The molecule has 114 valence electrons. The van der Waals surface area contributed by atoms with E-state index in [1.165, 1.54) is 11.8 Å². The fourth-order valence-electron chi connectivity index (χ4n) is 1.83. The van der Waals surface area contributed by atoms with Crippen molar-refractivity contribution in [2.75, 3.05) is 25.7 Å². The maximum atomic E-state index is 11.0. The number of benzene rings is 1. The average molecular weight is 348 g/mol. The Labute approximate surface area is 132 Å². The Morgan fingerprint density at radius 3 is 2.52 bits per heavy atom. The molecule has 0 aliphatic heterocycles. The molecule has 0 N–H and O–H groups in total. The lowest BCUT2D eigenvalue weighted by Crippen LogP contribution is -2.00. The van der Waals surface area contributed by atoms with Gasteiger partial charge in [-0.15, -0.1) is 11.8 Å². The second-order valence-corrected chi connectivity index (χ2v) is 8.12. The molecule has 0 atom stereocenters. The lowest BCUT2D eigenvalue weighted by Gasteiger charge is -2.11. The molecule has 0 bridgehead atoms. The molecule has 0 saturated heterocycles. The molecule has 0 spiro atoms. The van der Waals surface area contributed by atoms with Gasteiger partial charge in [0.1, 0.15) is 5.03 Å². The summed E-state index contributed by atoms with van der Waals surface area (Å²) in [6.45, 7) is 0. The van der Waals surface area contributed by atoms with Crippen molar-refractivity contribution in [1.29, 1.82) is 0 Å². The molecule has 0 fully saturated rings. The number of hydrogen-bond donors (Lipinski definition) is 0. The number of pyridine rings is 1. The molecule has 0 aliphatic rings. The third kappa shape index (κ3) is 4.15. The predicted octanol–water partition coefficient (Wildman–Crippen LogP) is 2.91. The first-order valence-corrected chi connectivity index (χ1v) is 9.47. The van der Waals surface area contributed by atoms with Gasteiger partial charge in [-0.25, -0.2) is 13.4 Å². The van der Waals surface area contributed by atoms with E-state index in [4.69, 9.17) is 20.2 Å². The first kappa shape index (κ1) is 16.2. The Bertz CT molecular complexity index is 749. The molecule has 0 aliphatic carbocycles. The number of fused-ring (bicyclic) bond motifs is 1. The largest absolute Gasteiger partial charge is 0.493 e. The molecule has 0 amide bonds. The summed E-state index contributed by atoms with van der Waals surface area (Å²) in [5.74, 6) is 1.47. The van der Waals surface area contributed by atoms with E-state index >= 15 is 0 Å².